The van der Waals surface area contributed by atoms with E-state index in [4.69, 9.17) is 4.74 Å². The van der Waals surface area contributed by atoms with Crippen molar-refractivity contribution in [1.29, 1.82) is 0 Å². The van der Waals surface area contributed by atoms with Crippen molar-refractivity contribution in [1.82, 2.24) is 5.32 Å². The zero-order valence-corrected chi connectivity index (χ0v) is 10.0. The first-order valence-electron chi connectivity index (χ1n) is 6.19. The van der Waals surface area contributed by atoms with Crippen molar-refractivity contribution in [2.45, 2.75) is 51.7 Å². The van der Waals surface area contributed by atoms with Gasteiger partial charge in [-0.3, -0.25) is 0 Å². The lowest BCUT2D eigenvalue weighted by molar-refractivity contribution is 0.0769. The number of aliphatic hydroxyl groups excluding tert-OH is 1. The standard InChI is InChI=1S/C12H25NO2/c1-10(2)15-7-6-13-9-11-4-3-5-12(14)8-11/h10-14H,3-9H2,1-2H3. The zero-order valence-electron chi connectivity index (χ0n) is 10.0. The fourth-order valence-corrected chi connectivity index (χ4v) is 2.12. The third kappa shape index (κ3) is 6.13. The summed E-state index contributed by atoms with van der Waals surface area (Å²) >= 11 is 0. The van der Waals surface area contributed by atoms with E-state index in [1.54, 1.807) is 0 Å². The lowest BCUT2D eigenvalue weighted by atomic mass is 9.87. The smallest absolute Gasteiger partial charge is 0.0594 e. The molecule has 1 rings (SSSR count). The summed E-state index contributed by atoms with van der Waals surface area (Å²) in [6.07, 6.45) is 4.66. The SMILES string of the molecule is CC(C)OCCNCC1CCCC(O)C1. The van der Waals surface area contributed by atoms with Crippen molar-refractivity contribution < 1.29 is 9.84 Å². The molecule has 0 aromatic heterocycles. The molecular weight excluding hydrogens is 190 g/mol. The van der Waals surface area contributed by atoms with Crippen LogP contribution in [-0.4, -0.2) is 37.0 Å². The number of aliphatic hydroxyl groups is 1. The number of rotatable bonds is 6. The quantitative estimate of drug-likeness (QED) is 0.661. The van der Waals surface area contributed by atoms with Gasteiger partial charge in [-0.1, -0.05) is 6.42 Å². The molecule has 3 nitrogen and oxygen atoms in total. The molecular formula is C12H25NO2. The van der Waals surface area contributed by atoms with Gasteiger partial charge in [0.15, 0.2) is 0 Å². The first-order chi connectivity index (χ1) is 7.18. The Hall–Kier alpha value is -0.120. The monoisotopic (exact) mass is 215 g/mol. The molecule has 0 aromatic carbocycles. The first-order valence-corrected chi connectivity index (χ1v) is 6.19. The summed E-state index contributed by atoms with van der Waals surface area (Å²) in [6.45, 7) is 6.84. The minimum atomic E-state index is -0.0579. The fourth-order valence-electron chi connectivity index (χ4n) is 2.12. The molecule has 2 unspecified atom stereocenters. The minimum Gasteiger partial charge on any atom is -0.393 e. The molecule has 2 N–H and O–H groups in total. The van der Waals surface area contributed by atoms with Gasteiger partial charge in [-0.2, -0.15) is 0 Å². The molecule has 0 amide bonds. The van der Waals surface area contributed by atoms with Crippen molar-refractivity contribution in [3.63, 3.8) is 0 Å². The normalized spacial score (nSPS) is 27.2. The van der Waals surface area contributed by atoms with Gasteiger partial charge in [-0.05, 0) is 45.6 Å². The molecule has 3 heteroatoms. The summed E-state index contributed by atoms with van der Waals surface area (Å²) in [4.78, 5) is 0. The fraction of sp³-hybridized carbons (Fsp3) is 1.00. The molecule has 0 spiro atoms. The Balaban J connectivity index is 1.95. The highest BCUT2D eigenvalue weighted by Crippen LogP contribution is 2.23. The van der Waals surface area contributed by atoms with Gasteiger partial charge in [0, 0.05) is 6.54 Å². The van der Waals surface area contributed by atoms with E-state index in [1.165, 1.54) is 12.8 Å². The van der Waals surface area contributed by atoms with Crippen LogP contribution in [0, 0.1) is 5.92 Å². The highest BCUT2D eigenvalue weighted by molar-refractivity contribution is 4.73. The largest absolute Gasteiger partial charge is 0.393 e. The van der Waals surface area contributed by atoms with Crippen LogP contribution >= 0.6 is 0 Å². The van der Waals surface area contributed by atoms with Gasteiger partial charge in [0.25, 0.3) is 0 Å². The Bertz CT molecular complexity index is 162. The van der Waals surface area contributed by atoms with Crippen LogP contribution in [0.3, 0.4) is 0 Å². The van der Waals surface area contributed by atoms with E-state index < -0.39 is 0 Å². The molecule has 90 valence electrons. The van der Waals surface area contributed by atoms with E-state index in [1.807, 2.05) is 0 Å². The molecule has 0 saturated heterocycles. The van der Waals surface area contributed by atoms with Gasteiger partial charge < -0.3 is 15.2 Å². The molecule has 1 fully saturated rings. The van der Waals surface area contributed by atoms with Crippen molar-refractivity contribution in [2.24, 2.45) is 5.92 Å². The highest BCUT2D eigenvalue weighted by Gasteiger charge is 2.19. The third-order valence-electron chi connectivity index (χ3n) is 2.92. The number of hydrogen-bond donors (Lipinski definition) is 2. The van der Waals surface area contributed by atoms with E-state index in [9.17, 15) is 5.11 Å². The van der Waals surface area contributed by atoms with Crippen LogP contribution in [-0.2, 0) is 4.74 Å². The van der Waals surface area contributed by atoms with Crippen LogP contribution in [0.1, 0.15) is 39.5 Å². The average molecular weight is 215 g/mol. The molecule has 0 radical (unpaired) electrons. The molecule has 2 atom stereocenters. The molecule has 0 bridgehead atoms. The van der Waals surface area contributed by atoms with E-state index >= 15 is 0 Å². The van der Waals surface area contributed by atoms with E-state index in [0.717, 1.165) is 32.5 Å². The third-order valence-corrected chi connectivity index (χ3v) is 2.92. The van der Waals surface area contributed by atoms with Crippen LogP contribution < -0.4 is 5.32 Å². The lowest BCUT2D eigenvalue weighted by Gasteiger charge is -2.26. The Morgan fingerprint density at radius 2 is 2.20 bits per heavy atom. The maximum Gasteiger partial charge on any atom is 0.0594 e. The Kier molecular flexibility index (Phi) is 6.22. The Morgan fingerprint density at radius 1 is 1.40 bits per heavy atom. The highest BCUT2D eigenvalue weighted by atomic mass is 16.5. The van der Waals surface area contributed by atoms with Gasteiger partial charge >= 0.3 is 0 Å². The molecule has 0 heterocycles. The predicted octanol–water partition coefficient (Wildman–Crippen LogP) is 1.55. The number of ether oxygens (including phenoxy) is 1. The molecule has 15 heavy (non-hydrogen) atoms. The number of hydrogen-bond acceptors (Lipinski definition) is 3. The Morgan fingerprint density at radius 3 is 2.87 bits per heavy atom. The maximum absolute atomic E-state index is 9.50. The summed E-state index contributed by atoms with van der Waals surface area (Å²) < 4.78 is 5.44. The van der Waals surface area contributed by atoms with Gasteiger partial charge in [-0.15, -0.1) is 0 Å². The van der Waals surface area contributed by atoms with E-state index in [-0.39, 0.29) is 6.10 Å². The first kappa shape index (κ1) is 12.9. The summed E-state index contributed by atoms with van der Waals surface area (Å²) in [6, 6.07) is 0. The Labute approximate surface area is 93.2 Å². The van der Waals surface area contributed by atoms with Crippen molar-refractivity contribution >= 4 is 0 Å². The summed E-state index contributed by atoms with van der Waals surface area (Å²) in [5.74, 6) is 0.660. The topological polar surface area (TPSA) is 41.5 Å². The summed E-state index contributed by atoms with van der Waals surface area (Å²) in [5, 5.41) is 12.9. The van der Waals surface area contributed by atoms with Crippen LogP contribution in [0.4, 0.5) is 0 Å². The second-order valence-electron chi connectivity index (χ2n) is 4.81. The average Bonchev–Trinajstić information content (AvgIpc) is 2.17. The van der Waals surface area contributed by atoms with E-state index in [0.29, 0.717) is 12.0 Å². The minimum absolute atomic E-state index is 0.0579. The second kappa shape index (κ2) is 7.20. The van der Waals surface area contributed by atoms with Crippen LogP contribution in [0.25, 0.3) is 0 Å². The van der Waals surface area contributed by atoms with Crippen molar-refractivity contribution in [3.05, 3.63) is 0 Å². The van der Waals surface area contributed by atoms with Gasteiger partial charge in [-0.25, -0.2) is 0 Å². The van der Waals surface area contributed by atoms with Crippen molar-refractivity contribution in [2.75, 3.05) is 19.7 Å². The second-order valence-corrected chi connectivity index (χ2v) is 4.81. The van der Waals surface area contributed by atoms with Crippen molar-refractivity contribution in [3.8, 4) is 0 Å². The van der Waals surface area contributed by atoms with Gasteiger partial charge in [0.1, 0.15) is 0 Å². The molecule has 1 aliphatic carbocycles. The molecule has 0 aromatic rings. The number of nitrogens with one attached hydrogen (secondary N) is 1. The van der Waals surface area contributed by atoms with Crippen LogP contribution in [0.2, 0.25) is 0 Å². The van der Waals surface area contributed by atoms with Gasteiger partial charge in [0.2, 0.25) is 0 Å². The molecule has 1 saturated carbocycles. The lowest BCUT2D eigenvalue weighted by Crippen LogP contribution is -2.31. The molecule has 0 aliphatic heterocycles. The zero-order chi connectivity index (χ0) is 11.1. The van der Waals surface area contributed by atoms with Crippen LogP contribution in [0.15, 0.2) is 0 Å². The maximum atomic E-state index is 9.50. The van der Waals surface area contributed by atoms with Crippen LogP contribution in [0.5, 0.6) is 0 Å². The van der Waals surface area contributed by atoms with Gasteiger partial charge in [0.05, 0.1) is 18.8 Å². The summed E-state index contributed by atoms with van der Waals surface area (Å²) in [5.41, 5.74) is 0. The predicted molar refractivity (Wildman–Crippen MR) is 61.9 cm³/mol. The summed E-state index contributed by atoms with van der Waals surface area (Å²) in [7, 11) is 0. The van der Waals surface area contributed by atoms with E-state index in [2.05, 4.69) is 19.2 Å². The molecule has 1 aliphatic rings.